The molecule has 0 fully saturated rings. The Kier molecular flexibility index (Phi) is 10.2. The van der Waals surface area contributed by atoms with Gasteiger partial charge in [0, 0.05) is 0 Å². The maximum absolute atomic E-state index is 9.54. The van der Waals surface area contributed by atoms with Crippen LogP contribution in [-0.4, -0.2) is 62.4 Å². The van der Waals surface area contributed by atoms with Crippen molar-refractivity contribution in [2.45, 2.75) is 0 Å². The third-order valence-corrected chi connectivity index (χ3v) is 0.328. The first kappa shape index (κ1) is 10.6. The molecule has 40 valence electrons. The van der Waals surface area contributed by atoms with Crippen LogP contribution in [0.4, 0.5) is 0 Å². The molecule has 0 aromatic rings. The van der Waals surface area contributed by atoms with E-state index in [9.17, 15) is 4.79 Å². The van der Waals surface area contributed by atoms with Crippen LogP contribution >= 0.6 is 0 Å². The molecule has 7 heavy (non-hydrogen) atoms. The van der Waals surface area contributed by atoms with Gasteiger partial charge in [0.15, 0.2) is 0 Å². The molecule has 0 spiro atoms. The smallest absolute Gasteiger partial charge is 1.00 e. The molecule has 0 aromatic carbocycles. The van der Waals surface area contributed by atoms with E-state index in [0.29, 0.717) is 0 Å². The van der Waals surface area contributed by atoms with Crippen molar-refractivity contribution < 1.29 is 12.8 Å². The van der Waals surface area contributed by atoms with Gasteiger partial charge >= 0.3 is 43.7 Å². The maximum atomic E-state index is 9.54. The number of hydrogen-bond acceptors (Lipinski definition) is 2. The Morgan fingerprint density at radius 3 is 2.43 bits per heavy atom. The van der Waals surface area contributed by atoms with Gasteiger partial charge in [0.05, 0.1) is 6.54 Å². The molecule has 0 amide bonds. The first-order chi connectivity index (χ1) is 2.77. The van der Waals surface area contributed by atoms with Gasteiger partial charge in [-0.2, -0.15) is 0 Å². The van der Waals surface area contributed by atoms with Crippen molar-refractivity contribution in [1.29, 1.82) is 0 Å². The van der Waals surface area contributed by atoms with E-state index in [1.165, 1.54) is 0 Å². The molecule has 0 heterocycles. The number of rotatable bonds is 2. The van der Waals surface area contributed by atoms with Gasteiger partial charge < -0.3 is 13.3 Å². The number of aliphatic carboxylic acids is 1. The van der Waals surface area contributed by atoms with E-state index in [-0.39, 0.29) is 47.1 Å². The quantitative estimate of drug-likeness (QED) is 0.479. The zero-order valence-electron chi connectivity index (χ0n) is 6.27. The third kappa shape index (κ3) is 10.8. The predicted octanol–water partition coefficient (Wildman–Crippen LogP) is -0.865. The second kappa shape index (κ2) is 6.69. The number of hydrogen-bond donors (Lipinski definition) is 2. The summed E-state index contributed by atoms with van der Waals surface area (Å²) in [5.74, 6) is -0.822. The summed E-state index contributed by atoms with van der Waals surface area (Å²) in [5, 5.41) is 10.3. The normalized spacial score (nSPS) is 7.00. The van der Waals surface area contributed by atoms with E-state index in [1.54, 1.807) is 7.05 Å². The molecule has 0 saturated carbocycles. The molecule has 0 aromatic heterocycles. The summed E-state index contributed by atoms with van der Waals surface area (Å²) in [6, 6.07) is 0. The average Bonchev–Trinajstić information content (AvgIpc) is 1.35. The molecule has 3 nitrogen and oxygen atoms in total. The van der Waals surface area contributed by atoms with Crippen LogP contribution in [0.1, 0.15) is 2.85 Å². The molecule has 0 unspecified atom stereocenters. The molecule has 4 heteroatoms. The van der Waals surface area contributed by atoms with Gasteiger partial charge in [-0.1, -0.05) is 0 Å². The van der Waals surface area contributed by atoms with Gasteiger partial charge in [0.2, 0.25) is 0 Å². The average molecular weight is 131 g/mol. The molecule has 0 aliphatic heterocycles. The fourth-order valence-electron chi connectivity index (χ4n) is 0.151. The molecular formula is C3H9CaNO2. The summed E-state index contributed by atoms with van der Waals surface area (Å²) in [5.41, 5.74) is 0. The van der Waals surface area contributed by atoms with Crippen molar-refractivity contribution >= 4 is 43.7 Å². The van der Waals surface area contributed by atoms with Crippen LogP contribution in [0.25, 0.3) is 0 Å². The molecule has 0 aliphatic carbocycles. The monoisotopic (exact) mass is 131 g/mol. The third-order valence-electron chi connectivity index (χ3n) is 0.328. The van der Waals surface area contributed by atoms with Crippen LogP contribution in [0.15, 0.2) is 0 Å². The van der Waals surface area contributed by atoms with Crippen LogP contribution in [0.2, 0.25) is 0 Å². The van der Waals surface area contributed by atoms with Crippen molar-refractivity contribution in [1.82, 2.24) is 5.32 Å². The summed E-state index contributed by atoms with van der Waals surface area (Å²) in [6.45, 7) is 0.0417. The van der Waals surface area contributed by atoms with Gasteiger partial charge in [0.1, 0.15) is 0 Å². The van der Waals surface area contributed by atoms with Gasteiger partial charge in [-0.25, -0.2) is 0 Å². The second-order valence-electron chi connectivity index (χ2n) is 0.924. The summed E-state index contributed by atoms with van der Waals surface area (Å²) < 4.78 is 0. The Labute approximate surface area is 75.1 Å². The second-order valence-corrected chi connectivity index (χ2v) is 0.924. The van der Waals surface area contributed by atoms with Crippen molar-refractivity contribution in [3.05, 3.63) is 0 Å². The van der Waals surface area contributed by atoms with Crippen molar-refractivity contribution in [2.24, 2.45) is 0 Å². The molecule has 0 bridgehead atoms. The van der Waals surface area contributed by atoms with E-state index < -0.39 is 5.97 Å². The van der Waals surface area contributed by atoms with E-state index >= 15 is 0 Å². The molecule has 0 saturated heterocycles. The molecule has 0 radical (unpaired) electrons. The van der Waals surface area contributed by atoms with Crippen molar-refractivity contribution in [3.63, 3.8) is 0 Å². The molecule has 0 atom stereocenters. The number of carboxylic acids is 1. The Morgan fingerprint density at radius 2 is 2.43 bits per heavy atom. The summed E-state index contributed by atoms with van der Waals surface area (Å²) in [4.78, 5) is 9.54. The summed E-state index contributed by atoms with van der Waals surface area (Å²) in [7, 11) is 1.59. The minimum atomic E-state index is -0.822. The Bertz CT molecular complexity index is 63.8. The Hall–Kier alpha value is 0.690. The largest absolute Gasteiger partial charge is 2.00 e. The number of nitrogens with one attached hydrogen (secondary N) is 1. The summed E-state index contributed by atoms with van der Waals surface area (Å²) >= 11 is 0. The van der Waals surface area contributed by atoms with Crippen LogP contribution in [0.3, 0.4) is 0 Å². The number of carboxylic acid groups (broad SMARTS) is 1. The fourth-order valence-corrected chi connectivity index (χ4v) is 0.151. The fraction of sp³-hybridized carbons (Fsp3) is 0.667. The SMILES string of the molecule is CNCC(=O)O.[Ca+2].[H-].[H-]. The Balaban J connectivity index is -0.0000000417. The number of carbonyl (C=O) groups is 1. The first-order valence-electron chi connectivity index (χ1n) is 1.63. The topological polar surface area (TPSA) is 49.3 Å². The molecule has 0 aliphatic rings. The van der Waals surface area contributed by atoms with Crippen LogP contribution in [0, 0.1) is 0 Å². The van der Waals surface area contributed by atoms with Gasteiger partial charge in [0.25, 0.3) is 0 Å². The van der Waals surface area contributed by atoms with Crippen molar-refractivity contribution in [3.8, 4) is 0 Å². The minimum absolute atomic E-state index is 0. The zero-order valence-corrected chi connectivity index (χ0v) is 6.48. The van der Waals surface area contributed by atoms with E-state index in [4.69, 9.17) is 5.11 Å². The van der Waals surface area contributed by atoms with Crippen molar-refractivity contribution in [2.75, 3.05) is 13.6 Å². The van der Waals surface area contributed by atoms with Crippen LogP contribution < -0.4 is 5.32 Å². The van der Waals surface area contributed by atoms with Crippen LogP contribution in [-0.2, 0) is 4.79 Å². The van der Waals surface area contributed by atoms with Gasteiger partial charge in [-0.05, 0) is 7.05 Å². The number of likely N-dealkylation sites (N-methyl/N-ethyl adjacent to an activating group) is 1. The van der Waals surface area contributed by atoms with E-state index in [0.717, 1.165) is 0 Å². The maximum Gasteiger partial charge on any atom is 2.00 e. The standard InChI is InChI=1S/C3H7NO2.Ca.2H/c1-4-2-3(5)6;;;/h4H,2H2,1H3,(H,5,6);;;/q;+2;2*-1. The molecular weight excluding hydrogens is 122 g/mol. The first-order valence-corrected chi connectivity index (χ1v) is 1.63. The Morgan fingerprint density at radius 1 is 2.00 bits per heavy atom. The summed E-state index contributed by atoms with van der Waals surface area (Å²) in [6.07, 6.45) is 0. The van der Waals surface area contributed by atoms with E-state index in [1.807, 2.05) is 0 Å². The van der Waals surface area contributed by atoms with Gasteiger partial charge in [-0.3, -0.25) is 4.79 Å². The predicted molar refractivity (Wildman–Crippen MR) is 29.5 cm³/mol. The molecule has 0 rings (SSSR count). The van der Waals surface area contributed by atoms with Gasteiger partial charge in [-0.15, -0.1) is 0 Å². The van der Waals surface area contributed by atoms with E-state index in [2.05, 4.69) is 5.32 Å². The molecule has 2 N–H and O–H groups in total. The zero-order chi connectivity index (χ0) is 4.99. The minimum Gasteiger partial charge on any atom is -1.00 e. The van der Waals surface area contributed by atoms with Crippen LogP contribution in [0.5, 0.6) is 0 Å².